The Kier molecular flexibility index (Phi) is 5.75. The van der Waals surface area contributed by atoms with Crippen LogP contribution in [-0.2, 0) is 10.0 Å². The van der Waals surface area contributed by atoms with Gasteiger partial charge in [-0.2, -0.15) is 0 Å². The molecule has 0 fully saturated rings. The van der Waals surface area contributed by atoms with Crippen LogP contribution in [0.3, 0.4) is 0 Å². The summed E-state index contributed by atoms with van der Waals surface area (Å²) in [6.45, 7) is 5.91. The van der Waals surface area contributed by atoms with E-state index in [1.165, 1.54) is 0 Å². The van der Waals surface area contributed by atoms with Crippen molar-refractivity contribution in [2.24, 2.45) is 0 Å². The Hall–Kier alpha value is -0.940. The van der Waals surface area contributed by atoms with E-state index in [1.807, 2.05) is 32.9 Å². The predicted molar refractivity (Wildman–Crippen MR) is 73.8 cm³/mol. The Bertz CT molecular complexity index is 472. The van der Waals surface area contributed by atoms with Crippen molar-refractivity contribution in [2.75, 3.05) is 5.75 Å². The zero-order valence-corrected chi connectivity index (χ0v) is 12.1. The maximum atomic E-state index is 11.9. The van der Waals surface area contributed by atoms with E-state index in [0.717, 1.165) is 17.7 Å². The number of aromatic nitrogens is 1. The fourth-order valence-corrected chi connectivity index (χ4v) is 3.22. The number of rotatable bonds is 7. The van der Waals surface area contributed by atoms with E-state index < -0.39 is 10.0 Å². The molecule has 0 unspecified atom stereocenters. The minimum atomic E-state index is -3.21. The lowest BCUT2D eigenvalue weighted by atomic mass is 10.1. The van der Waals surface area contributed by atoms with Gasteiger partial charge in [-0.3, -0.25) is 4.98 Å². The molecule has 0 amide bonds. The van der Waals surface area contributed by atoms with Gasteiger partial charge in [0, 0.05) is 6.20 Å². The topological polar surface area (TPSA) is 59.1 Å². The van der Waals surface area contributed by atoms with Crippen molar-refractivity contribution in [3.8, 4) is 0 Å². The summed E-state index contributed by atoms with van der Waals surface area (Å²) in [7, 11) is -3.21. The van der Waals surface area contributed by atoms with Gasteiger partial charge in [0.1, 0.15) is 0 Å². The number of hydrogen-bond acceptors (Lipinski definition) is 3. The standard InChI is InChI=1S/C13H22N2O2S/c1-4-6-9-18(16,17)15-12(5-2)13-10-11(3)7-8-14-13/h7-8,10,12,15H,4-6,9H2,1-3H3/t12-/m1/s1. The fraction of sp³-hybridized carbons (Fsp3) is 0.615. The van der Waals surface area contributed by atoms with E-state index in [2.05, 4.69) is 9.71 Å². The third kappa shape index (κ3) is 4.74. The van der Waals surface area contributed by atoms with Crippen LogP contribution in [0.5, 0.6) is 0 Å². The van der Waals surface area contributed by atoms with Crippen LogP contribution in [0.15, 0.2) is 18.3 Å². The van der Waals surface area contributed by atoms with Crippen molar-refractivity contribution in [1.29, 1.82) is 0 Å². The molecular weight excluding hydrogens is 248 g/mol. The van der Waals surface area contributed by atoms with Gasteiger partial charge in [-0.05, 0) is 37.5 Å². The van der Waals surface area contributed by atoms with Crippen LogP contribution in [-0.4, -0.2) is 19.2 Å². The highest BCUT2D eigenvalue weighted by molar-refractivity contribution is 7.89. The average Bonchev–Trinajstić information content (AvgIpc) is 2.33. The average molecular weight is 270 g/mol. The molecule has 1 aromatic rings. The van der Waals surface area contributed by atoms with Gasteiger partial charge >= 0.3 is 0 Å². The molecule has 102 valence electrons. The Labute approximate surface area is 110 Å². The maximum absolute atomic E-state index is 11.9. The maximum Gasteiger partial charge on any atom is 0.212 e. The first-order chi connectivity index (χ1) is 8.48. The Balaban J connectivity index is 2.79. The highest BCUT2D eigenvalue weighted by Crippen LogP contribution is 2.16. The van der Waals surface area contributed by atoms with E-state index in [0.29, 0.717) is 12.8 Å². The molecule has 0 aromatic carbocycles. The van der Waals surface area contributed by atoms with E-state index in [1.54, 1.807) is 6.20 Å². The molecule has 18 heavy (non-hydrogen) atoms. The van der Waals surface area contributed by atoms with Crippen molar-refractivity contribution in [3.63, 3.8) is 0 Å². The highest BCUT2D eigenvalue weighted by atomic mass is 32.2. The van der Waals surface area contributed by atoms with E-state index >= 15 is 0 Å². The monoisotopic (exact) mass is 270 g/mol. The third-order valence-corrected chi connectivity index (χ3v) is 4.26. The first kappa shape index (κ1) is 15.1. The van der Waals surface area contributed by atoms with Gasteiger partial charge in [0.15, 0.2) is 0 Å². The van der Waals surface area contributed by atoms with Crippen LogP contribution < -0.4 is 4.72 Å². The fourth-order valence-electron chi connectivity index (χ4n) is 1.71. The Morgan fingerprint density at radius 2 is 2.11 bits per heavy atom. The summed E-state index contributed by atoms with van der Waals surface area (Å²) in [5.41, 5.74) is 1.88. The molecule has 0 saturated carbocycles. The predicted octanol–water partition coefficient (Wildman–Crippen LogP) is 2.56. The third-order valence-electron chi connectivity index (χ3n) is 2.79. The van der Waals surface area contributed by atoms with Crippen molar-refractivity contribution < 1.29 is 8.42 Å². The molecular formula is C13H22N2O2S. The van der Waals surface area contributed by atoms with Crippen molar-refractivity contribution >= 4 is 10.0 Å². The van der Waals surface area contributed by atoms with Crippen LogP contribution >= 0.6 is 0 Å². The molecule has 0 aliphatic heterocycles. The van der Waals surface area contributed by atoms with Crippen LogP contribution in [0.1, 0.15) is 50.4 Å². The molecule has 5 heteroatoms. The first-order valence-corrected chi connectivity index (χ1v) is 8.06. The SMILES string of the molecule is CCCCS(=O)(=O)N[C@H](CC)c1cc(C)ccn1. The summed E-state index contributed by atoms with van der Waals surface area (Å²) in [5.74, 6) is 0.186. The van der Waals surface area contributed by atoms with Gasteiger partial charge in [0.2, 0.25) is 10.0 Å². The van der Waals surface area contributed by atoms with Gasteiger partial charge in [0.05, 0.1) is 17.5 Å². The normalized spacial score (nSPS) is 13.5. The van der Waals surface area contributed by atoms with Crippen molar-refractivity contribution in [1.82, 2.24) is 9.71 Å². The molecule has 1 atom stereocenters. The van der Waals surface area contributed by atoms with E-state index in [9.17, 15) is 8.42 Å². The zero-order chi connectivity index (χ0) is 13.6. The molecule has 0 bridgehead atoms. The molecule has 4 nitrogen and oxygen atoms in total. The molecule has 0 aliphatic carbocycles. The Morgan fingerprint density at radius 1 is 1.39 bits per heavy atom. The second kappa shape index (κ2) is 6.85. The highest BCUT2D eigenvalue weighted by Gasteiger charge is 2.18. The molecule has 0 spiro atoms. The Morgan fingerprint density at radius 3 is 2.67 bits per heavy atom. The van der Waals surface area contributed by atoms with Gasteiger partial charge in [-0.15, -0.1) is 0 Å². The van der Waals surface area contributed by atoms with Crippen molar-refractivity contribution in [3.05, 3.63) is 29.6 Å². The van der Waals surface area contributed by atoms with Crippen LogP contribution in [0.2, 0.25) is 0 Å². The summed E-state index contributed by atoms with van der Waals surface area (Å²) in [5, 5.41) is 0. The second-order valence-corrected chi connectivity index (χ2v) is 6.38. The summed E-state index contributed by atoms with van der Waals surface area (Å²) >= 11 is 0. The number of aryl methyl sites for hydroxylation is 1. The number of sulfonamides is 1. The minimum absolute atomic E-state index is 0.186. The molecule has 1 heterocycles. The minimum Gasteiger partial charge on any atom is -0.260 e. The number of nitrogens with one attached hydrogen (secondary N) is 1. The van der Waals surface area contributed by atoms with E-state index in [4.69, 9.17) is 0 Å². The number of hydrogen-bond donors (Lipinski definition) is 1. The van der Waals surface area contributed by atoms with E-state index in [-0.39, 0.29) is 11.8 Å². The largest absolute Gasteiger partial charge is 0.260 e. The second-order valence-electron chi connectivity index (χ2n) is 4.51. The molecule has 1 aromatic heterocycles. The summed E-state index contributed by atoms with van der Waals surface area (Å²) < 4.78 is 26.5. The molecule has 1 rings (SSSR count). The zero-order valence-electron chi connectivity index (χ0n) is 11.3. The summed E-state index contributed by atoms with van der Waals surface area (Å²) in [4.78, 5) is 4.25. The van der Waals surface area contributed by atoms with Gasteiger partial charge in [-0.25, -0.2) is 13.1 Å². The molecule has 1 N–H and O–H groups in total. The number of pyridine rings is 1. The lowest BCUT2D eigenvalue weighted by Crippen LogP contribution is -2.30. The molecule has 0 saturated heterocycles. The van der Waals surface area contributed by atoms with Crippen LogP contribution in [0, 0.1) is 6.92 Å². The number of nitrogens with zero attached hydrogens (tertiary/aromatic N) is 1. The smallest absolute Gasteiger partial charge is 0.212 e. The van der Waals surface area contributed by atoms with Crippen molar-refractivity contribution in [2.45, 2.75) is 46.1 Å². The summed E-state index contributed by atoms with van der Waals surface area (Å²) in [6, 6.07) is 3.60. The number of unbranched alkanes of at least 4 members (excludes halogenated alkanes) is 1. The van der Waals surface area contributed by atoms with Crippen LogP contribution in [0.25, 0.3) is 0 Å². The van der Waals surface area contributed by atoms with Gasteiger partial charge in [0.25, 0.3) is 0 Å². The molecule has 0 aliphatic rings. The lowest BCUT2D eigenvalue weighted by molar-refractivity contribution is 0.542. The summed E-state index contributed by atoms with van der Waals surface area (Å²) in [6.07, 6.45) is 3.98. The van der Waals surface area contributed by atoms with Crippen LogP contribution in [0.4, 0.5) is 0 Å². The lowest BCUT2D eigenvalue weighted by Gasteiger charge is -2.16. The first-order valence-electron chi connectivity index (χ1n) is 6.41. The quantitative estimate of drug-likeness (QED) is 0.828. The molecule has 0 radical (unpaired) electrons. The van der Waals surface area contributed by atoms with Gasteiger partial charge in [-0.1, -0.05) is 20.3 Å². The van der Waals surface area contributed by atoms with Gasteiger partial charge < -0.3 is 0 Å².